The fourth-order valence-corrected chi connectivity index (χ4v) is 5.91. The van der Waals surface area contributed by atoms with E-state index in [2.05, 4.69) is 13.8 Å². The topological polar surface area (TPSA) is 86.7 Å². The van der Waals surface area contributed by atoms with Crippen molar-refractivity contribution in [3.63, 3.8) is 0 Å². The summed E-state index contributed by atoms with van der Waals surface area (Å²) >= 11 is 0. The van der Waals surface area contributed by atoms with Crippen molar-refractivity contribution in [2.24, 2.45) is 0 Å². The van der Waals surface area contributed by atoms with E-state index in [1.807, 2.05) is 6.07 Å². The number of carbonyl (C=O) groups excluding carboxylic acids is 4. The van der Waals surface area contributed by atoms with Gasteiger partial charge in [0.05, 0.1) is 0 Å². The number of ether oxygens (including phenoxy) is 2. The second-order valence-corrected chi connectivity index (χ2v) is 13.5. The molecule has 0 saturated carbocycles. The van der Waals surface area contributed by atoms with Crippen molar-refractivity contribution in [1.82, 2.24) is 0 Å². The lowest BCUT2D eigenvalue weighted by Crippen LogP contribution is -2.23. The van der Waals surface area contributed by atoms with Crippen LogP contribution in [0.1, 0.15) is 199 Å². The lowest BCUT2D eigenvalue weighted by atomic mass is 10.0. The molecule has 0 bridgehead atoms. The molecule has 0 atom stereocenters. The molecule has 0 radical (unpaired) electrons. The largest absolute Gasteiger partial charge is 0.389 e. The standard InChI is InChI=1S/C42H68O6/c1-3-5-7-9-11-13-15-17-19-21-23-25-30-34-39(43)47-41(45)38(36-37-32-28-27-29-33-37)42(46)48-40(44)35-31-26-24-22-20-18-16-14-12-10-8-6-4-2/h27-29,32-33,36H,3-26,30-31,34-35H2,1-2H3. The minimum absolute atomic E-state index is 0.106. The van der Waals surface area contributed by atoms with Crippen molar-refractivity contribution in [1.29, 1.82) is 0 Å². The van der Waals surface area contributed by atoms with Crippen LogP contribution >= 0.6 is 0 Å². The number of unbranched alkanes of at least 4 members (excludes halogenated alkanes) is 24. The molecule has 6 nitrogen and oxygen atoms in total. The van der Waals surface area contributed by atoms with Gasteiger partial charge in [-0.15, -0.1) is 0 Å². The highest BCUT2D eigenvalue weighted by molar-refractivity contribution is 6.21. The van der Waals surface area contributed by atoms with Crippen molar-refractivity contribution in [3.8, 4) is 0 Å². The van der Waals surface area contributed by atoms with E-state index >= 15 is 0 Å². The number of benzene rings is 1. The summed E-state index contributed by atoms with van der Waals surface area (Å²) in [5.41, 5.74) is 0.105. The van der Waals surface area contributed by atoms with Crippen LogP contribution in [0, 0.1) is 0 Å². The molecular weight excluding hydrogens is 600 g/mol. The number of rotatable bonds is 31. The van der Waals surface area contributed by atoms with Gasteiger partial charge in [-0.25, -0.2) is 9.59 Å². The number of hydrogen-bond donors (Lipinski definition) is 0. The van der Waals surface area contributed by atoms with Gasteiger partial charge < -0.3 is 9.47 Å². The van der Waals surface area contributed by atoms with Crippen LogP contribution in [0.15, 0.2) is 35.9 Å². The van der Waals surface area contributed by atoms with Gasteiger partial charge in [-0.1, -0.05) is 198 Å². The second kappa shape index (κ2) is 31.5. The first-order valence-electron chi connectivity index (χ1n) is 19.7. The summed E-state index contributed by atoms with van der Waals surface area (Å²) in [5.74, 6) is -3.52. The van der Waals surface area contributed by atoms with Crippen LogP contribution in [-0.4, -0.2) is 23.9 Å². The average Bonchev–Trinajstić information content (AvgIpc) is 3.08. The molecule has 272 valence electrons. The van der Waals surface area contributed by atoms with E-state index in [4.69, 9.17) is 9.47 Å². The maximum absolute atomic E-state index is 12.9. The maximum atomic E-state index is 12.9. The molecule has 0 amide bonds. The fourth-order valence-electron chi connectivity index (χ4n) is 5.91. The van der Waals surface area contributed by atoms with Crippen LogP contribution in [0.5, 0.6) is 0 Å². The second-order valence-electron chi connectivity index (χ2n) is 13.5. The molecule has 0 unspecified atom stereocenters. The first-order chi connectivity index (χ1) is 23.5. The fraction of sp³-hybridized carbons (Fsp3) is 0.714. The van der Waals surface area contributed by atoms with Crippen LogP contribution in [0.4, 0.5) is 0 Å². The van der Waals surface area contributed by atoms with E-state index in [9.17, 15) is 19.2 Å². The predicted molar refractivity (Wildman–Crippen MR) is 197 cm³/mol. The van der Waals surface area contributed by atoms with Crippen LogP contribution in [-0.2, 0) is 28.7 Å². The minimum atomic E-state index is -1.09. The third-order valence-electron chi connectivity index (χ3n) is 8.93. The molecule has 1 aromatic rings. The summed E-state index contributed by atoms with van der Waals surface area (Å²) in [4.78, 5) is 50.6. The Balaban J connectivity index is 2.31. The van der Waals surface area contributed by atoms with Crippen molar-refractivity contribution in [2.75, 3.05) is 0 Å². The lowest BCUT2D eigenvalue weighted by molar-refractivity contribution is -0.160. The molecule has 0 N–H and O–H groups in total. The SMILES string of the molecule is CCCCCCCCCCCCCCCC(=O)OC(=O)C(=Cc1ccccc1)C(=O)OC(=O)CCCCCCCCCCCCCCC. The number of carbonyl (C=O) groups is 4. The zero-order valence-corrected chi connectivity index (χ0v) is 30.7. The average molecular weight is 669 g/mol. The maximum Gasteiger partial charge on any atom is 0.353 e. The molecule has 0 heterocycles. The predicted octanol–water partition coefficient (Wildman–Crippen LogP) is 12.2. The third kappa shape index (κ3) is 25.3. The lowest BCUT2D eigenvalue weighted by Gasteiger charge is -2.08. The van der Waals surface area contributed by atoms with E-state index < -0.39 is 29.5 Å². The Labute approximate surface area is 293 Å². The van der Waals surface area contributed by atoms with Gasteiger partial charge in [0.2, 0.25) is 0 Å². The molecule has 0 saturated heterocycles. The summed E-state index contributed by atoms with van der Waals surface area (Å²) < 4.78 is 10.0. The minimum Gasteiger partial charge on any atom is -0.389 e. The summed E-state index contributed by atoms with van der Waals surface area (Å²) in [6, 6.07) is 8.77. The Hall–Kier alpha value is -2.76. The van der Waals surface area contributed by atoms with Crippen molar-refractivity contribution in [2.45, 2.75) is 194 Å². The normalized spacial score (nSPS) is 10.9. The highest BCUT2D eigenvalue weighted by Crippen LogP contribution is 2.16. The molecule has 0 spiro atoms. The quantitative estimate of drug-likeness (QED) is 0.0257. The molecule has 48 heavy (non-hydrogen) atoms. The van der Waals surface area contributed by atoms with Crippen molar-refractivity contribution >= 4 is 30.0 Å². The molecule has 1 aromatic carbocycles. The molecule has 0 aliphatic carbocycles. The van der Waals surface area contributed by atoms with Gasteiger partial charge in [0.1, 0.15) is 5.57 Å². The summed E-state index contributed by atoms with van der Waals surface area (Å²) in [5, 5.41) is 0. The zero-order valence-electron chi connectivity index (χ0n) is 30.7. The van der Waals surface area contributed by atoms with E-state index in [1.54, 1.807) is 24.3 Å². The van der Waals surface area contributed by atoms with Gasteiger partial charge in [0, 0.05) is 12.8 Å². The molecule has 0 aliphatic rings. The first kappa shape index (κ1) is 43.3. The Morgan fingerprint density at radius 2 is 0.729 bits per heavy atom. The number of hydrogen-bond acceptors (Lipinski definition) is 6. The summed E-state index contributed by atoms with van der Waals surface area (Å²) in [6.07, 6.45) is 32.5. The van der Waals surface area contributed by atoms with Crippen molar-refractivity contribution < 1.29 is 28.7 Å². The van der Waals surface area contributed by atoms with E-state index in [1.165, 1.54) is 122 Å². The number of esters is 4. The molecule has 0 aromatic heterocycles. The highest BCUT2D eigenvalue weighted by atomic mass is 16.6. The monoisotopic (exact) mass is 669 g/mol. The zero-order chi connectivity index (χ0) is 34.9. The van der Waals surface area contributed by atoms with Gasteiger partial charge in [-0.2, -0.15) is 0 Å². The molecule has 6 heteroatoms. The Kier molecular flexibility index (Phi) is 28.4. The molecule has 0 fully saturated rings. The van der Waals surface area contributed by atoms with E-state index in [0.29, 0.717) is 18.4 Å². The van der Waals surface area contributed by atoms with Crippen LogP contribution < -0.4 is 0 Å². The smallest absolute Gasteiger partial charge is 0.353 e. The van der Waals surface area contributed by atoms with Gasteiger partial charge in [-0.05, 0) is 24.5 Å². The van der Waals surface area contributed by atoms with Crippen LogP contribution in [0.25, 0.3) is 6.08 Å². The van der Waals surface area contributed by atoms with E-state index in [0.717, 1.165) is 38.5 Å². The first-order valence-corrected chi connectivity index (χ1v) is 19.7. The van der Waals surface area contributed by atoms with Crippen LogP contribution in [0.2, 0.25) is 0 Å². The Morgan fingerprint density at radius 1 is 0.438 bits per heavy atom. The van der Waals surface area contributed by atoms with Crippen molar-refractivity contribution in [3.05, 3.63) is 41.5 Å². The van der Waals surface area contributed by atoms with Crippen LogP contribution in [0.3, 0.4) is 0 Å². The van der Waals surface area contributed by atoms with E-state index in [-0.39, 0.29) is 12.8 Å². The molecule has 1 rings (SSSR count). The summed E-state index contributed by atoms with van der Waals surface area (Å²) in [6.45, 7) is 4.49. The van der Waals surface area contributed by atoms with Gasteiger partial charge in [-0.3, -0.25) is 9.59 Å². The molecular formula is C42H68O6. The third-order valence-corrected chi connectivity index (χ3v) is 8.93. The summed E-state index contributed by atoms with van der Waals surface area (Å²) in [7, 11) is 0. The van der Waals surface area contributed by atoms with Gasteiger partial charge >= 0.3 is 23.9 Å². The molecule has 0 aliphatic heterocycles. The Bertz CT molecular complexity index is 941. The highest BCUT2D eigenvalue weighted by Gasteiger charge is 2.26. The Morgan fingerprint density at radius 3 is 1.04 bits per heavy atom. The van der Waals surface area contributed by atoms with Gasteiger partial charge in [0.15, 0.2) is 0 Å². The van der Waals surface area contributed by atoms with Gasteiger partial charge in [0.25, 0.3) is 0 Å².